The van der Waals surface area contributed by atoms with Crippen LogP contribution in [-0.2, 0) is 4.79 Å². The molecule has 1 saturated carbocycles. The lowest BCUT2D eigenvalue weighted by molar-refractivity contribution is -0.137. The molecule has 1 aliphatic rings. The van der Waals surface area contributed by atoms with Crippen LogP contribution in [0.5, 0.6) is 0 Å². The van der Waals surface area contributed by atoms with E-state index in [2.05, 4.69) is 10.3 Å². The minimum Gasteiger partial charge on any atom is -0.481 e. The summed E-state index contributed by atoms with van der Waals surface area (Å²) in [7, 11) is 0. The van der Waals surface area contributed by atoms with E-state index in [0.717, 1.165) is 29.4 Å². The number of hydrogen-bond acceptors (Lipinski definition) is 3. The summed E-state index contributed by atoms with van der Waals surface area (Å²) in [6, 6.07) is 9.95. The number of carboxylic acid groups (broad SMARTS) is 1. The Labute approximate surface area is 111 Å². The molecule has 4 heteroatoms. The molecule has 1 fully saturated rings. The van der Waals surface area contributed by atoms with Gasteiger partial charge in [-0.25, -0.2) is 4.98 Å². The molecule has 19 heavy (non-hydrogen) atoms. The third kappa shape index (κ3) is 2.67. The van der Waals surface area contributed by atoms with Crippen molar-refractivity contribution in [2.75, 3.05) is 5.32 Å². The Hall–Kier alpha value is -2.10. The second-order valence-electron chi connectivity index (χ2n) is 5.07. The summed E-state index contributed by atoms with van der Waals surface area (Å²) >= 11 is 0. The fourth-order valence-corrected chi connectivity index (χ4v) is 2.43. The van der Waals surface area contributed by atoms with Crippen molar-refractivity contribution in [3.8, 4) is 0 Å². The number of anilines is 1. The summed E-state index contributed by atoms with van der Waals surface area (Å²) < 4.78 is 0. The third-order valence-corrected chi connectivity index (χ3v) is 3.58. The molecule has 0 aliphatic heterocycles. The van der Waals surface area contributed by atoms with Crippen LogP contribution >= 0.6 is 0 Å². The van der Waals surface area contributed by atoms with E-state index in [-0.39, 0.29) is 12.5 Å². The highest BCUT2D eigenvalue weighted by Gasteiger charge is 2.33. The van der Waals surface area contributed by atoms with E-state index in [1.165, 1.54) is 0 Å². The number of carboxylic acids is 1. The van der Waals surface area contributed by atoms with Gasteiger partial charge in [-0.15, -0.1) is 0 Å². The first-order valence-corrected chi connectivity index (χ1v) is 6.56. The number of pyridine rings is 1. The molecule has 98 valence electrons. The van der Waals surface area contributed by atoms with Gasteiger partial charge in [0, 0.05) is 17.6 Å². The smallest absolute Gasteiger partial charge is 0.305 e. The number of nitrogens with zero attached hydrogens (tertiary/aromatic N) is 1. The quantitative estimate of drug-likeness (QED) is 0.863. The zero-order valence-electron chi connectivity index (χ0n) is 10.5. The first-order valence-electron chi connectivity index (χ1n) is 6.56. The SMILES string of the molecule is O=C(O)CC(Nc1nccc2ccccc12)C1CC1. The molecule has 1 atom stereocenters. The molecule has 2 aromatic rings. The zero-order chi connectivity index (χ0) is 13.2. The van der Waals surface area contributed by atoms with Gasteiger partial charge in [0.05, 0.1) is 6.42 Å². The highest BCUT2D eigenvalue weighted by atomic mass is 16.4. The van der Waals surface area contributed by atoms with E-state index in [4.69, 9.17) is 5.11 Å². The number of carbonyl (C=O) groups is 1. The number of aliphatic carboxylic acids is 1. The van der Waals surface area contributed by atoms with Crippen molar-refractivity contribution >= 4 is 22.6 Å². The van der Waals surface area contributed by atoms with Gasteiger partial charge >= 0.3 is 5.97 Å². The Balaban J connectivity index is 1.89. The molecule has 0 amide bonds. The van der Waals surface area contributed by atoms with Crippen LogP contribution < -0.4 is 5.32 Å². The van der Waals surface area contributed by atoms with Crippen molar-refractivity contribution in [2.45, 2.75) is 25.3 Å². The maximum Gasteiger partial charge on any atom is 0.305 e. The van der Waals surface area contributed by atoms with Crippen molar-refractivity contribution in [3.05, 3.63) is 36.5 Å². The van der Waals surface area contributed by atoms with Gasteiger partial charge in [-0.3, -0.25) is 4.79 Å². The Kier molecular flexibility index (Phi) is 3.07. The molecule has 1 aromatic heterocycles. The molecule has 2 N–H and O–H groups in total. The lowest BCUT2D eigenvalue weighted by Gasteiger charge is -2.18. The molecule has 0 spiro atoms. The van der Waals surface area contributed by atoms with E-state index in [9.17, 15) is 4.79 Å². The van der Waals surface area contributed by atoms with Crippen LogP contribution in [0.1, 0.15) is 19.3 Å². The van der Waals surface area contributed by atoms with E-state index in [1.54, 1.807) is 6.20 Å². The van der Waals surface area contributed by atoms with Crippen LogP contribution in [0.25, 0.3) is 10.8 Å². The Bertz CT molecular complexity index is 603. The number of fused-ring (bicyclic) bond motifs is 1. The molecular formula is C15H16N2O2. The van der Waals surface area contributed by atoms with Crippen LogP contribution in [0, 0.1) is 5.92 Å². The normalized spacial score (nSPS) is 16.2. The number of hydrogen-bond donors (Lipinski definition) is 2. The fourth-order valence-electron chi connectivity index (χ4n) is 2.43. The van der Waals surface area contributed by atoms with Crippen LogP contribution in [-0.4, -0.2) is 22.1 Å². The third-order valence-electron chi connectivity index (χ3n) is 3.58. The predicted molar refractivity (Wildman–Crippen MR) is 74.1 cm³/mol. The van der Waals surface area contributed by atoms with E-state index < -0.39 is 5.97 Å². The number of benzene rings is 1. The summed E-state index contributed by atoms with van der Waals surface area (Å²) in [6.07, 6.45) is 4.12. The molecular weight excluding hydrogens is 240 g/mol. The Morgan fingerprint density at radius 2 is 2.16 bits per heavy atom. The minimum atomic E-state index is -0.760. The highest BCUT2D eigenvalue weighted by Crippen LogP contribution is 2.36. The van der Waals surface area contributed by atoms with Gasteiger partial charge in [0.25, 0.3) is 0 Å². The summed E-state index contributed by atoms with van der Waals surface area (Å²) in [5, 5.41) is 14.5. The van der Waals surface area contributed by atoms with Gasteiger partial charge in [0.2, 0.25) is 0 Å². The lowest BCUT2D eigenvalue weighted by atomic mass is 10.1. The maximum atomic E-state index is 10.9. The molecule has 3 rings (SSSR count). The van der Waals surface area contributed by atoms with Crippen molar-refractivity contribution in [2.24, 2.45) is 5.92 Å². The number of rotatable bonds is 5. The van der Waals surface area contributed by atoms with Crippen LogP contribution in [0.3, 0.4) is 0 Å². The van der Waals surface area contributed by atoms with E-state index in [0.29, 0.717) is 5.92 Å². The summed E-state index contributed by atoms with van der Waals surface area (Å²) in [5.41, 5.74) is 0. The summed E-state index contributed by atoms with van der Waals surface area (Å²) in [5.74, 6) is 0.498. The topological polar surface area (TPSA) is 62.2 Å². The number of aromatic nitrogens is 1. The highest BCUT2D eigenvalue weighted by molar-refractivity contribution is 5.91. The minimum absolute atomic E-state index is 0.0178. The van der Waals surface area contributed by atoms with Crippen molar-refractivity contribution in [3.63, 3.8) is 0 Å². The van der Waals surface area contributed by atoms with Crippen LogP contribution in [0.2, 0.25) is 0 Å². The van der Waals surface area contributed by atoms with Gasteiger partial charge in [0.1, 0.15) is 5.82 Å². The fraction of sp³-hybridized carbons (Fsp3) is 0.333. The van der Waals surface area contributed by atoms with Crippen LogP contribution in [0.15, 0.2) is 36.5 Å². The first kappa shape index (κ1) is 12.0. The van der Waals surface area contributed by atoms with E-state index in [1.807, 2.05) is 30.3 Å². The molecule has 0 radical (unpaired) electrons. The maximum absolute atomic E-state index is 10.9. The summed E-state index contributed by atoms with van der Waals surface area (Å²) in [4.78, 5) is 15.3. The molecule has 1 unspecified atom stereocenters. The molecule has 0 saturated heterocycles. The standard InChI is InChI=1S/C15H16N2O2/c18-14(19)9-13(11-5-6-11)17-15-12-4-2-1-3-10(12)7-8-16-15/h1-4,7-8,11,13H,5-6,9H2,(H,16,17)(H,18,19). The molecule has 4 nitrogen and oxygen atoms in total. The Morgan fingerprint density at radius 3 is 2.89 bits per heavy atom. The average Bonchev–Trinajstić information content (AvgIpc) is 3.22. The van der Waals surface area contributed by atoms with Gasteiger partial charge in [-0.1, -0.05) is 24.3 Å². The molecule has 1 aliphatic carbocycles. The predicted octanol–water partition coefficient (Wildman–Crippen LogP) is 2.90. The molecule has 1 aromatic carbocycles. The monoisotopic (exact) mass is 256 g/mol. The van der Waals surface area contributed by atoms with Crippen molar-refractivity contribution in [1.29, 1.82) is 0 Å². The largest absolute Gasteiger partial charge is 0.481 e. The van der Waals surface area contributed by atoms with Crippen molar-refractivity contribution < 1.29 is 9.90 Å². The Morgan fingerprint density at radius 1 is 1.37 bits per heavy atom. The zero-order valence-corrected chi connectivity index (χ0v) is 10.5. The lowest BCUT2D eigenvalue weighted by Crippen LogP contribution is -2.25. The first-order chi connectivity index (χ1) is 9.24. The molecule has 0 bridgehead atoms. The van der Waals surface area contributed by atoms with Crippen LogP contribution in [0.4, 0.5) is 5.82 Å². The van der Waals surface area contributed by atoms with Gasteiger partial charge in [-0.2, -0.15) is 0 Å². The van der Waals surface area contributed by atoms with E-state index >= 15 is 0 Å². The average molecular weight is 256 g/mol. The van der Waals surface area contributed by atoms with Gasteiger partial charge in [-0.05, 0) is 30.2 Å². The summed E-state index contributed by atoms with van der Waals surface area (Å²) in [6.45, 7) is 0. The second-order valence-corrected chi connectivity index (χ2v) is 5.07. The van der Waals surface area contributed by atoms with Gasteiger partial charge < -0.3 is 10.4 Å². The van der Waals surface area contributed by atoms with Crippen molar-refractivity contribution in [1.82, 2.24) is 4.98 Å². The molecule has 1 heterocycles. The second kappa shape index (κ2) is 4.88. The number of nitrogens with one attached hydrogen (secondary N) is 1. The van der Waals surface area contributed by atoms with Gasteiger partial charge in [0.15, 0.2) is 0 Å².